The molecule has 0 aliphatic rings. The van der Waals surface area contributed by atoms with Crippen molar-refractivity contribution in [1.29, 1.82) is 0 Å². The van der Waals surface area contributed by atoms with Crippen LogP contribution in [-0.2, 0) is 0 Å². The maximum absolute atomic E-state index is 5.73. The highest BCUT2D eigenvalue weighted by atomic mass is 16.5. The fourth-order valence-electron chi connectivity index (χ4n) is 1.27. The van der Waals surface area contributed by atoms with Crippen LogP contribution in [0, 0.1) is 5.92 Å². The van der Waals surface area contributed by atoms with Crippen molar-refractivity contribution in [3.8, 4) is 5.75 Å². The van der Waals surface area contributed by atoms with E-state index in [0.717, 1.165) is 24.6 Å². The zero-order chi connectivity index (χ0) is 12.0. The van der Waals surface area contributed by atoms with Gasteiger partial charge in [0.1, 0.15) is 5.75 Å². The van der Waals surface area contributed by atoms with Crippen molar-refractivity contribution < 1.29 is 4.74 Å². The highest BCUT2D eigenvalue weighted by Crippen LogP contribution is 2.23. The van der Waals surface area contributed by atoms with Gasteiger partial charge in [-0.2, -0.15) is 0 Å². The first kappa shape index (κ1) is 12.8. The topological polar surface area (TPSA) is 47.3 Å². The number of rotatable bonds is 6. The summed E-state index contributed by atoms with van der Waals surface area (Å²) in [6.45, 7) is 7.74. The Bertz CT molecular complexity index is 280. The minimum absolute atomic E-state index is 0.137. The number of benzene rings is 1. The lowest BCUT2D eigenvalue weighted by Gasteiger charge is -2.15. The average molecular weight is 222 g/mol. The minimum Gasteiger partial charge on any atom is -0.491 e. The van der Waals surface area contributed by atoms with Gasteiger partial charge in [0.05, 0.1) is 12.3 Å². The van der Waals surface area contributed by atoms with Gasteiger partial charge >= 0.3 is 0 Å². The second-order valence-electron chi connectivity index (χ2n) is 4.56. The molecule has 3 heteroatoms. The molecule has 1 rings (SSSR count). The Morgan fingerprint density at radius 1 is 1.25 bits per heavy atom. The summed E-state index contributed by atoms with van der Waals surface area (Å²) < 4.78 is 5.73. The van der Waals surface area contributed by atoms with Gasteiger partial charge in [0.15, 0.2) is 0 Å². The average Bonchev–Trinajstić information content (AvgIpc) is 2.24. The Kier molecular flexibility index (Phi) is 5.12. The molecule has 3 nitrogen and oxygen atoms in total. The molecule has 0 saturated heterocycles. The Labute approximate surface area is 98.0 Å². The zero-order valence-electron chi connectivity index (χ0n) is 10.4. The summed E-state index contributed by atoms with van der Waals surface area (Å²) >= 11 is 0. The summed E-state index contributed by atoms with van der Waals surface area (Å²) in [6.07, 6.45) is 0. The number of ether oxygens (including phenoxy) is 1. The third-order valence-corrected chi connectivity index (χ3v) is 2.07. The van der Waals surface area contributed by atoms with Crippen molar-refractivity contribution in [3.63, 3.8) is 0 Å². The first-order valence-corrected chi connectivity index (χ1v) is 5.81. The van der Waals surface area contributed by atoms with E-state index < -0.39 is 0 Å². The van der Waals surface area contributed by atoms with Crippen LogP contribution in [0.3, 0.4) is 0 Å². The maximum Gasteiger partial charge on any atom is 0.142 e. The second-order valence-corrected chi connectivity index (χ2v) is 4.56. The summed E-state index contributed by atoms with van der Waals surface area (Å²) in [4.78, 5) is 0. The van der Waals surface area contributed by atoms with Crippen molar-refractivity contribution in [2.24, 2.45) is 11.7 Å². The van der Waals surface area contributed by atoms with Crippen LogP contribution in [0.4, 0.5) is 5.69 Å². The SMILES string of the molecule is CC(C)COc1ccccc1NCC(C)N. The van der Waals surface area contributed by atoms with Gasteiger partial charge in [-0.3, -0.25) is 0 Å². The first-order valence-electron chi connectivity index (χ1n) is 5.81. The Morgan fingerprint density at radius 2 is 1.94 bits per heavy atom. The summed E-state index contributed by atoms with van der Waals surface area (Å²) in [7, 11) is 0. The number of anilines is 1. The maximum atomic E-state index is 5.73. The molecule has 0 fully saturated rings. The van der Waals surface area contributed by atoms with Gasteiger partial charge in [0.25, 0.3) is 0 Å². The fraction of sp³-hybridized carbons (Fsp3) is 0.538. The van der Waals surface area contributed by atoms with Crippen LogP contribution in [0.2, 0.25) is 0 Å². The lowest BCUT2D eigenvalue weighted by molar-refractivity contribution is 0.272. The highest BCUT2D eigenvalue weighted by molar-refractivity contribution is 5.56. The lowest BCUT2D eigenvalue weighted by Crippen LogP contribution is -2.25. The quantitative estimate of drug-likeness (QED) is 0.777. The number of nitrogens with two attached hydrogens (primary N) is 1. The van der Waals surface area contributed by atoms with Crippen LogP contribution in [0.5, 0.6) is 5.75 Å². The molecule has 1 aromatic rings. The Hall–Kier alpha value is -1.22. The fourth-order valence-corrected chi connectivity index (χ4v) is 1.27. The first-order chi connectivity index (χ1) is 7.59. The van der Waals surface area contributed by atoms with Crippen molar-refractivity contribution in [3.05, 3.63) is 24.3 Å². The van der Waals surface area contributed by atoms with Crippen molar-refractivity contribution >= 4 is 5.69 Å². The van der Waals surface area contributed by atoms with Crippen LogP contribution < -0.4 is 15.8 Å². The van der Waals surface area contributed by atoms with E-state index in [1.807, 2.05) is 31.2 Å². The Morgan fingerprint density at radius 3 is 2.56 bits per heavy atom. The van der Waals surface area contributed by atoms with Crippen molar-refractivity contribution in [2.75, 3.05) is 18.5 Å². The molecule has 0 radical (unpaired) electrons. The molecule has 16 heavy (non-hydrogen) atoms. The molecular formula is C13H22N2O. The van der Waals surface area contributed by atoms with Gasteiger partial charge in [0.2, 0.25) is 0 Å². The third kappa shape index (κ3) is 4.53. The van der Waals surface area contributed by atoms with E-state index in [1.165, 1.54) is 0 Å². The molecule has 0 bridgehead atoms. The van der Waals surface area contributed by atoms with Crippen LogP contribution in [0.15, 0.2) is 24.3 Å². The molecule has 90 valence electrons. The molecule has 0 saturated carbocycles. The van der Waals surface area contributed by atoms with Gasteiger partial charge in [0, 0.05) is 12.6 Å². The standard InChI is InChI=1S/C13H22N2O/c1-10(2)9-16-13-7-5-4-6-12(13)15-8-11(3)14/h4-7,10-11,15H,8-9,14H2,1-3H3. The van der Waals surface area contributed by atoms with E-state index in [2.05, 4.69) is 19.2 Å². The molecule has 0 heterocycles. The van der Waals surface area contributed by atoms with E-state index in [0.29, 0.717) is 5.92 Å². The summed E-state index contributed by atoms with van der Waals surface area (Å²) in [6, 6.07) is 8.10. The van der Waals surface area contributed by atoms with E-state index in [4.69, 9.17) is 10.5 Å². The molecule has 0 aliphatic carbocycles. The predicted molar refractivity (Wildman–Crippen MR) is 68.9 cm³/mol. The molecule has 3 N–H and O–H groups in total. The zero-order valence-corrected chi connectivity index (χ0v) is 10.4. The van der Waals surface area contributed by atoms with E-state index in [9.17, 15) is 0 Å². The Balaban J connectivity index is 2.60. The molecule has 1 aromatic carbocycles. The number of para-hydroxylation sites is 2. The van der Waals surface area contributed by atoms with Gasteiger partial charge in [-0.15, -0.1) is 0 Å². The predicted octanol–water partition coefficient (Wildman–Crippen LogP) is 2.48. The monoisotopic (exact) mass is 222 g/mol. The van der Waals surface area contributed by atoms with Gasteiger partial charge < -0.3 is 15.8 Å². The van der Waals surface area contributed by atoms with Gasteiger partial charge in [-0.05, 0) is 25.0 Å². The minimum atomic E-state index is 0.137. The number of hydrogen-bond donors (Lipinski definition) is 2. The van der Waals surface area contributed by atoms with E-state index in [-0.39, 0.29) is 6.04 Å². The molecule has 0 aliphatic heterocycles. The summed E-state index contributed by atoms with van der Waals surface area (Å²) in [5, 5.41) is 3.29. The third-order valence-electron chi connectivity index (χ3n) is 2.07. The van der Waals surface area contributed by atoms with Crippen LogP contribution in [0.25, 0.3) is 0 Å². The number of nitrogens with one attached hydrogen (secondary N) is 1. The smallest absolute Gasteiger partial charge is 0.142 e. The molecule has 1 unspecified atom stereocenters. The molecule has 0 spiro atoms. The van der Waals surface area contributed by atoms with Gasteiger partial charge in [-0.1, -0.05) is 26.0 Å². The summed E-state index contributed by atoms with van der Waals surface area (Å²) in [5.41, 5.74) is 6.72. The second kappa shape index (κ2) is 6.38. The number of hydrogen-bond acceptors (Lipinski definition) is 3. The molecule has 1 atom stereocenters. The summed E-state index contributed by atoms with van der Waals surface area (Å²) in [5.74, 6) is 1.43. The normalized spacial score (nSPS) is 12.6. The molecule has 0 aromatic heterocycles. The van der Waals surface area contributed by atoms with Crippen LogP contribution in [-0.4, -0.2) is 19.2 Å². The van der Waals surface area contributed by atoms with Crippen molar-refractivity contribution in [2.45, 2.75) is 26.8 Å². The molecule has 0 amide bonds. The van der Waals surface area contributed by atoms with Crippen molar-refractivity contribution in [1.82, 2.24) is 0 Å². The largest absolute Gasteiger partial charge is 0.491 e. The van der Waals surface area contributed by atoms with Crippen LogP contribution in [0.1, 0.15) is 20.8 Å². The van der Waals surface area contributed by atoms with E-state index in [1.54, 1.807) is 0 Å². The highest BCUT2D eigenvalue weighted by Gasteiger charge is 2.04. The van der Waals surface area contributed by atoms with E-state index >= 15 is 0 Å². The lowest BCUT2D eigenvalue weighted by atomic mass is 10.2. The molecular weight excluding hydrogens is 200 g/mol. The van der Waals surface area contributed by atoms with Crippen LogP contribution >= 0.6 is 0 Å². The van der Waals surface area contributed by atoms with Gasteiger partial charge in [-0.25, -0.2) is 0 Å².